The van der Waals surface area contributed by atoms with E-state index in [1.165, 1.54) is 10.7 Å². The molecule has 0 spiro atoms. The van der Waals surface area contributed by atoms with E-state index >= 15 is 0 Å². The number of hydrogen-bond acceptors (Lipinski definition) is 4. The molecule has 2 heterocycles. The maximum atomic E-state index is 11.7. The Morgan fingerprint density at radius 3 is 2.33 bits per heavy atom. The fourth-order valence-electron chi connectivity index (χ4n) is 2.45. The van der Waals surface area contributed by atoms with Crippen LogP contribution < -0.4 is 5.43 Å². The van der Waals surface area contributed by atoms with E-state index in [4.69, 9.17) is 5.11 Å². The Bertz CT molecular complexity index is 932. The highest BCUT2D eigenvalue weighted by Crippen LogP contribution is 2.13. The molecular weight excluding hydrogens is 306 g/mol. The average Bonchev–Trinajstić information content (AvgIpc) is 2.56. The molecule has 0 bridgehead atoms. The molecule has 120 valence electrons. The molecule has 0 amide bonds. The van der Waals surface area contributed by atoms with Crippen molar-refractivity contribution in [3.63, 3.8) is 0 Å². The van der Waals surface area contributed by atoms with Crippen molar-refractivity contribution in [2.24, 2.45) is 0 Å². The molecule has 1 aromatic carbocycles. The number of pyridine rings is 1. The monoisotopic (exact) mass is 321 g/mol. The van der Waals surface area contributed by atoms with Gasteiger partial charge in [-0.1, -0.05) is 12.1 Å². The van der Waals surface area contributed by atoms with Crippen LogP contribution in [0.1, 0.15) is 27.3 Å². The van der Waals surface area contributed by atoms with Crippen LogP contribution in [0.2, 0.25) is 0 Å². The smallest absolute Gasteiger partial charge is 0.360 e. The Morgan fingerprint density at radius 2 is 1.71 bits per heavy atom. The molecule has 0 fully saturated rings. The van der Waals surface area contributed by atoms with Crippen molar-refractivity contribution in [3.8, 4) is 5.69 Å². The molecule has 1 N–H and O–H groups in total. The van der Waals surface area contributed by atoms with Crippen LogP contribution >= 0.6 is 0 Å². The third kappa shape index (κ3) is 3.22. The van der Waals surface area contributed by atoms with Crippen LogP contribution in [0.3, 0.4) is 0 Å². The fourth-order valence-corrected chi connectivity index (χ4v) is 2.45. The van der Waals surface area contributed by atoms with Gasteiger partial charge in [-0.05, 0) is 48.7 Å². The molecule has 0 aliphatic heterocycles. The summed E-state index contributed by atoms with van der Waals surface area (Å²) in [5.41, 5.74) is 2.47. The van der Waals surface area contributed by atoms with Gasteiger partial charge in [0.1, 0.15) is 0 Å². The van der Waals surface area contributed by atoms with E-state index in [1.54, 1.807) is 19.3 Å². The van der Waals surface area contributed by atoms with Crippen molar-refractivity contribution in [1.82, 2.24) is 14.8 Å². The standard InChI is InChI=1S/C18H15N3O3/c1-12-10-16(22)17(18(23)24)20-21(12)15-4-2-13(3-5-15)11-14-6-8-19-9-7-14/h2-10H,11H2,1H3,(H,23,24). The zero-order valence-electron chi connectivity index (χ0n) is 13.0. The van der Waals surface area contributed by atoms with Gasteiger partial charge in [-0.2, -0.15) is 5.10 Å². The second kappa shape index (κ2) is 6.45. The molecule has 0 aliphatic carbocycles. The van der Waals surface area contributed by atoms with Gasteiger partial charge in [-0.3, -0.25) is 9.78 Å². The normalized spacial score (nSPS) is 10.5. The van der Waals surface area contributed by atoms with Gasteiger partial charge in [0.25, 0.3) is 0 Å². The predicted octanol–water partition coefficient (Wildman–Crippen LogP) is 2.22. The molecule has 3 aromatic rings. The highest BCUT2D eigenvalue weighted by molar-refractivity contribution is 5.84. The molecule has 6 nitrogen and oxygen atoms in total. The van der Waals surface area contributed by atoms with E-state index < -0.39 is 17.1 Å². The third-order valence-corrected chi connectivity index (χ3v) is 3.65. The van der Waals surface area contributed by atoms with Crippen molar-refractivity contribution in [2.45, 2.75) is 13.3 Å². The van der Waals surface area contributed by atoms with Crippen LogP contribution in [0, 0.1) is 6.92 Å². The summed E-state index contributed by atoms with van der Waals surface area (Å²) >= 11 is 0. The number of benzene rings is 1. The predicted molar refractivity (Wildman–Crippen MR) is 88.6 cm³/mol. The Kier molecular flexibility index (Phi) is 4.20. The van der Waals surface area contributed by atoms with E-state index in [1.807, 2.05) is 36.4 Å². The molecule has 3 rings (SSSR count). The van der Waals surface area contributed by atoms with Crippen molar-refractivity contribution in [3.05, 3.63) is 87.6 Å². The molecule has 0 radical (unpaired) electrons. The number of aryl methyl sites for hydroxylation is 1. The number of carboxylic acids is 1. The number of carboxylic acid groups (broad SMARTS) is 1. The lowest BCUT2D eigenvalue weighted by Gasteiger charge is -2.11. The number of carbonyl (C=O) groups is 1. The van der Waals surface area contributed by atoms with Crippen LogP contribution in [-0.4, -0.2) is 25.8 Å². The summed E-state index contributed by atoms with van der Waals surface area (Å²) in [7, 11) is 0. The molecule has 0 aliphatic rings. The Labute approximate surface area is 138 Å². The molecule has 6 heteroatoms. The van der Waals surface area contributed by atoms with Gasteiger partial charge in [-0.25, -0.2) is 9.48 Å². The summed E-state index contributed by atoms with van der Waals surface area (Å²) in [5.74, 6) is -1.33. The van der Waals surface area contributed by atoms with Crippen LogP contribution in [0.15, 0.2) is 59.7 Å². The summed E-state index contributed by atoms with van der Waals surface area (Å²) in [5, 5.41) is 13.0. The van der Waals surface area contributed by atoms with E-state index in [0.717, 1.165) is 17.5 Å². The number of aromatic nitrogens is 3. The van der Waals surface area contributed by atoms with Crippen molar-refractivity contribution < 1.29 is 9.90 Å². The second-order valence-electron chi connectivity index (χ2n) is 5.41. The molecular formula is C18H15N3O3. The van der Waals surface area contributed by atoms with Gasteiger partial charge in [0.2, 0.25) is 11.1 Å². The lowest BCUT2D eigenvalue weighted by Crippen LogP contribution is -2.22. The SMILES string of the molecule is Cc1cc(=O)c(C(=O)O)nn1-c1ccc(Cc2ccncc2)cc1. The van der Waals surface area contributed by atoms with E-state index in [-0.39, 0.29) is 0 Å². The first kappa shape index (κ1) is 15.6. The minimum atomic E-state index is -1.33. The van der Waals surface area contributed by atoms with Gasteiger partial charge in [0.05, 0.1) is 5.69 Å². The van der Waals surface area contributed by atoms with E-state index in [0.29, 0.717) is 11.4 Å². The molecule has 0 saturated carbocycles. The highest BCUT2D eigenvalue weighted by Gasteiger charge is 2.13. The highest BCUT2D eigenvalue weighted by atomic mass is 16.4. The molecule has 2 aromatic heterocycles. The number of hydrogen-bond donors (Lipinski definition) is 1. The minimum Gasteiger partial charge on any atom is -0.476 e. The summed E-state index contributed by atoms with van der Waals surface area (Å²) in [4.78, 5) is 26.7. The lowest BCUT2D eigenvalue weighted by atomic mass is 10.1. The second-order valence-corrected chi connectivity index (χ2v) is 5.41. The lowest BCUT2D eigenvalue weighted by molar-refractivity contribution is 0.0686. The van der Waals surface area contributed by atoms with E-state index in [2.05, 4.69) is 10.1 Å². The quantitative estimate of drug-likeness (QED) is 0.796. The zero-order valence-corrected chi connectivity index (χ0v) is 13.0. The van der Waals surface area contributed by atoms with Crippen LogP contribution in [0.5, 0.6) is 0 Å². The van der Waals surface area contributed by atoms with Crippen LogP contribution in [0.4, 0.5) is 0 Å². The Balaban J connectivity index is 1.92. The largest absolute Gasteiger partial charge is 0.476 e. The maximum absolute atomic E-state index is 11.7. The first-order valence-electron chi connectivity index (χ1n) is 7.37. The summed E-state index contributed by atoms with van der Waals surface area (Å²) in [6, 6.07) is 12.8. The topological polar surface area (TPSA) is 85.1 Å². The number of aromatic carboxylic acids is 1. The minimum absolute atomic E-state index is 0.485. The summed E-state index contributed by atoms with van der Waals surface area (Å²) < 4.78 is 1.46. The van der Waals surface area contributed by atoms with Crippen molar-refractivity contribution >= 4 is 5.97 Å². The van der Waals surface area contributed by atoms with Crippen molar-refractivity contribution in [1.29, 1.82) is 0 Å². The zero-order chi connectivity index (χ0) is 17.1. The van der Waals surface area contributed by atoms with Crippen LogP contribution in [0.25, 0.3) is 5.69 Å². The maximum Gasteiger partial charge on any atom is 0.360 e. The number of rotatable bonds is 4. The molecule has 0 unspecified atom stereocenters. The first-order chi connectivity index (χ1) is 11.5. The molecule has 24 heavy (non-hydrogen) atoms. The first-order valence-corrected chi connectivity index (χ1v) is 7.37. The van der Waals surface area contributed by atoms with Gasteiger partial charge in [0.15, 0.2) is 0 Å². The summed E-state index contributed by atoms with van der Waals surface area (Å²) in [6.45, 7) is 1.71. The van der Waals surface area contributed by atoms with Gasteiger partial charge in [-0.15, -0.1) is 0 Å². The van der Waals surface area contributed by atoms with Crippen molar-refractivity contribution in [2.75, 3.05) is 0 Å². The Morgan fingerprint density at radius 1 is 1.08 bits per heavy atom. The molecule has 0 saturated heterocycles. The van der Waals surface area contributed by atoms with Gasteiger partial charge in [0, 0.05) is 24.2 Å². The number of nitrogens with zero attached hydrogens (tertiary/aromatic N) is 3. The Hall–Kier alpha value is -3.28. The van der Waals surface area contributed by atoms with Gasteiger partial charge < -0.3 is 5.11 Å². The third-order valence-electron chi connectivity index (χ3n) is 3.65. The fraction of sp³-hybridized carbons (Fsp3) is 0.111. The van der Waals surface area contributed by atoms with E-state index in [9.17, 15) is 9.59 Å². The van der Waals surface area contributed by atoms with Gasteiger partial charge >= 0.3 is 5.97 Å². The van der Waals surface area contributed by atoms with Crippen LogP contribution in [-0.2, 0) is 6.42 Å². The summed E-state index contributed by atoms with van der Waals surface area (Å²) in [6.07, 6.45) is 4.29. The molecule has 0 atom stereocenters. The average molecular weight is 321 g/mol.